The van der Waals surface area contributed by atoms with Gasteiger partial charge in [0, 0.05) is 36.2 Å². The number of nitrogens with one attached hydrogen (secondary N) is 1. The molecule has 14 nitrogen and oxygen atoms in total. The summed E-state index contributed by atoms with van der Waals surface area (Å²) in [6, 6.07) is 4.78. The summed E-state index contributed by atoms with van der Waals surface area (Å²) in [5.41, 5.74) is 22.8. The van der Waals surface area contributed by atoms with Gasteiger partial charge in [0.25, 0.3) is 5.69 Å². The Bertz CT molecular complexity index is 1250. The van der Waals surface area contributed by atoms with Gasteiger partial charge in [0.15, 0.2) is 11.6 Å². The highest BCUT2D eigenvalue weighted by Crippen LogP contribution is 2.35. The molecule has 3 atom stereocenters. The monoisotopic (exact) mass is 544 g/mol. The van der Waals surface area contributed by atoms with Gasteiger partial charge in [0.2, 0.25) is 0 Å². The number of ether oxygens (including phenoxy) is 1. The van der Waals surface area contributed by atoms with Crippen molar-refractivity contribution in [3.8, 4) is 5.75 Å². The average Bonchev–Trinajstić information content (AvgIpc) is 2.86. The zero-order chi connectivity index (χ0) is 29.4. The molecule has 0 fully saturated rings. The molecule has 2 amide bonds. The minimum atomic E-state index is -1.71. The smallest absolute Gasteiger partial charge is 0.449 e. The van der Waals surface area contributed by atoms with Crippen molar-refractivity contribution in [1.82, 2.24) is 5.32 Å². The van der Waals surface area contributed by atoms with E-state index >= 15 is 0 Å². The maximum atomic E-state index is 13.9. The Balaban J connectivity index is 2.69. The summed E-state index contributed by atoms with van der Waals surface area (Å²) in [5, 5.41) is 23.5. The number of nitrogens with zero attached hydrogens (tertiary/aromatic N) is 1. The van der Waals surface area contributed by atoms with Crippen LogP contribution in [0.15, 0.2) is 36.4 Å². The molecule has 0 radical (unpaired) electrons. The van der Waals surface area contributed by atoms with E-state index < -0.39 is 57.9 Å². The minimum absolute atomic E-state index is 0.119. The van der Waals surface area contributed by atoms with Gasteiger partial charge in [0.05, 0.1) is 17.0 Å². The predicted octanol–water partition coefficient (Wildman–Crippen LogP) is 1.56. The molecule has 2 aromatic carbocycles. The van der Waals surface area contributed by atoms with Crippen molar-refractivity contribution in [3.05, 3.63) is 63.2 Å². The summed E-state index contributed by atoms with van der Waals surface area (Å²) in [6.07, 6.45) is -2.01. The van der Waals surface area contributed by atoms with Gasteiger partial charge in [-0.2, -0.15) is 0 Å². The number of rotatable bonds is 13. The van der Waals surface area contributed by atoms with Crippen LogP contribution in [0.2, 0.25) is 0 Å². The molecule has 2 aromatic rings. The fourth-order valence-corrected chi connectivity index (χ4v) is 4.02. The number of nitro groups is 1. The van der Waals surface area contributed by atoms with Gasteiger partial charge in [0.1, 0.15) is 11.3 Å². The van der Waals surface area contributed by atoms with Gasteiger partial charge in [-0.05, 0) is 36.1 Å². The molecule has 0 saturated heterocycles. The zero-order valence-corrected chi connectivity index (χ0v) is 21.5. The Morgan fingerprint density at radius 1 is 1.05 bits per heavy atom. The zero-order valence-electron chi connectivity index (χ0n) is 21.5. The van der Waals surface area contributed by atoms with Crippen molar-refractivity contribution in [2.24, 2.45) is 29.0 Å². The number of nitrogen functional groups attached to an aromatic ring is 1. The Labute approximate surface area is 223 Å². The van der Waals surface area contributed by atoms with E-state index in [0.717, 1.165) is 12.1 Å². The maximum absolute atomic E-state index is 13.9. The van der Waals surface area contributed by atoms with E-state index in [-0.39, 0.29) is 36.6 Å². The normalized spacial score (nSPS) is 13.3. The van der Waals surface area contributed by atoms with Crippen molar-refractivity contribution < 1.29 is 33.9 Å². The molecule has 0 spiro atoms. The lowest BCUT2D eigenvalue weighted by Gasteiger charge is -2.27. The summed E-state index contributed by atoms with van der Waals surface area (Å²) in [5.74, 6) is -3.49. The summed E-state index contributed by atoms with van der Waals surface area (Å²) in [7, 11) is 0. The highest BCUT2D eigenvalue weighted by molar-refractivity contribution is 6.08. The summed E-state index contributed by atoms with van der Waals surface area (Å²) in [4.78, 5) is 60.8. The number of urea groups is 1. The summed E-state index contributed by atoms with van der Waals surface area (Å²) in [6.45, 7) is 3.26. The first-order valence-corrected chi connectivity index (χ1v) is 11.9. The van der Waals surface area contributed by atoms with Crippen LogP contribution in [0.1, 0.15) is 41.8 Å². The number of anilines is 1. The molecule has 14 heteroatoms. The number of carbonyl (C=O) groups is 4. The van der Waals surface area contributed by atoms with Crippen molar-refractivity contribution in [2.75, 3.05) is 12.3 Å². The molecule has 0 saturated carbocycles. The summed E-state index contributed by atoms with van der Waals surface area (Å²) >= 11 is 0. The van der Waals surface area contributed by atoms with Crippen LogP contribution in [-0.2, 0) is 11.2 Å². The fraction of sp³-hybridized carbons (Fsp3) is 0.360. The number of primary amides is 1. The van der Waals surface area contributed by atoms with Gasteiger partial charge in [-0.25, -0.2) is 9.59 Å². The van der Waals surface area contributed by atoms with Crippen LogP contribution in [0, 0.1) is 22.0 Å². The lowest BCUT2D eigenvalue weighted by molar-refractivity contribution is -0.385. The predicted molar refractivity (Wildman–Crippen MR) is 141 cm³/mol. The van der Waals surface area contributed by atoms with E-state index in [0.29, 0.717) is 11.3 Å². The lowest BCUT2D eigenvalue weighted by atomic mass is 9.80. The average molecular weight is 545 g/mol. The Kier molecular flexibility index (Phi) is 10.5. The second kappa shape index (κ2) is 13.3. The van der Waals surface area contributed by atoms with Gasteiger partial charge in [-0.3, -0.25) is 19.7 Å². The first kappa shape index (κ1) is 30.7. The minimum Gasteiger partial charge on any atom is -0.449 e. The van der Waals surface area contributed by atoms with Gasteiger partial charge in [-0.15, -0.1) is 0 Å². The number of benzene rings is 2. The molecule has 0 heterocycles. The number of ketones is 2. The van der Waals surface area contributed by atoms with E-state index in [2.05, 4.69) is 5.32 Å². The molecular formula is C25H32N6O8. The number of carboxylic acid groups (broad SMARTS) is 1. The number of Topliss-reactive ketones (excluding diaryl/α,β-unsaturated/α-hetero) is 2. The topological polar surface area (TPSA) is 257 Å². The molecule has 0 aliphatic heterocycles. The fourth-order valence-electron chi connectivity index (χ4n) is 4.02. The highest BCUT2D eigenvalue weighted by atomic mass is 16.7. The number of hydrogen-bond acceptors (Lipinski definition) is 10. The second-order valence-corrected chi connectivity index (χ2v) is 9.23. The quantitative estimate of drug-likeness (QED) is 0.0526. The second-order valence-electron chi connectivity index (χ2n) is 9.23. The maximum Gasteiger partial charge on any atom is 0.511 e. The van der Waals surface area contributed by atoms with E-state index in [4.69, 9.17) is 27.7 Å². The molecule has 0 aliphatic carbocycles. The lowest BCUT2D eigenvalue weighted by Crippen LogP contribution is -2.50. The van der Waals surface area contributed by atoms with Crippen LogP contribution in [0.5, 0.6) is 5.75 Å². The van der Waals surface area contributed by atoms with Gasteiger partial charge in [-0.1, -0.05) is 26.0 Å². The number of nitro benzene ring substituents is 1. The Hall–Kier alpha value is -4.56. The third-order valence-corrected chi connectivity index (χ3v) is 6.15. The largest absolute Gasteiger partial charge is 0.511 e. The van der Waals surface area contributed by atoms with Gasteiger partial charge >= 0.3 is 12.2 Å². The molecule has 39 heavy (non-hydrogen) atoms. The molecule has 1 unspecified atom stereocenters. The van der Waals surface area contributed by atoms with Crippen LogP contribution < -0.4 is 33.0 Å². The van der Waals surface area contributed by atoms with Crippen LogP contribution in [0.25, 0.3) is 0 Å². The van der Waals surface area contributed by atoms with Crippen LogP contribution in [0.3, 0.4) is 0 Å². The first-order chi connectivity index (χ1) is 18.2. The van der Waals surface area contributed by atoms with Crippen molar-refractivity contribution in [2.45, 2.75) is 38.8 Å². The molecule has 0 bridgehead atoms. The number of hydrogen-bond donors (Lipinski definition) is 6. The van der Waals surface area contributed by atoms with Gasteiger partial charge < -0.3 is 38.1 Å². The third-order valence-electron chi connectivity index (χ3n) is 6.15. The van der Waals surface area contributed by atoms with Crippen LogP contribution in [0.4, 0.5) is 21.0 Å². The molecular weight excluding hydrogens is 512 g/mol. The Morgan fingerprint density at radius 2 is 1.67 bits per heavy atom. The van der Waals surface area contributed by atoms with E-state index in [1.165, 1.54) is 0 Å². The van der Waals surface area contributed by atoms with E-state index in [1.54, 1.807) is 38.1 Å². The highest BCUT2D eigenvalue weighted by Gasteiger charge is 2.38. The molecule has 210 valence electrons. The number of carbonyl (C=O) groups excluding carboxylic acids is 3. The Morgan fingerprint density at radius 3 is 2.18 bits per heavy atom. The van der Waals surface area contributed by atoms with E-state index in [1.807, 2.05) is 0 Å². The first-order valence-electron chi connectivity index (χ1n) is 11.9. The van der Waals surface area contributed by atoms with E-state index in [9.17, 15) is 34.4 Å². The molecule has 0 aromatic heterocycles. The van der Waals surface area contributed by atoms with Crippen molar-refractivity contribution in [3.63, 3.8) is 0 Å². The molecule has 10 N–H and O–H groups in total. The molecule has 0 aliphatic rings. The van der Waals surface area contributed by atoms with Crippen LogP contribution >= 0.6 is 0 Å². The van der Waals surface area contributed by atoms with Crippen molar-refractivity contribution in [1.29, 1.82) is 0 Å². The summed E-state index contributed by atoms with van der Waals surface area (Å²) < 4.78 is 4.84. The SMILES string of the molecule is CC(C)[C@H](N)C(=O)C(CCNC(N)=O)[C@H](N)C(=O)c1c([N+](=O)[O-])ccc(OC(=O)O)c1Cc1ccc(N)cc1. The standard InChI is InChI=1S/C25H32N6O8/c1-12(2)20(27)22(32)15(9-10-30-24(29)34)21(28)23(33)19-16(11-13-3-5-14(26)6-4-13)18(39-25(35)36)8-7-17(19)31(37)38/h3-8,12,15,20-21H,9-11,26-28H2,1-2H3,(H,35,36)(H3,29,30,34)/t15?,20-,21-/m0/s1. The number of nitrogens with two attached hydrogens (primary N) is 4. The number of amides is 2. The van der Waals surface area contributed by atoms with Crippen molar-refractivity contribution >= 4 is 35.1 Å². The molecule has 2 rings (SSSR count). The third kappa shape index (κ3) is 7.96. The van der Waals surface area contributed by atoms with Crippen LogP contribution in [-0.4, -0.2) is 52.4 Å².